The number of aromatic nitrogens is 1. The SMILES string of the molecule is N#Cc1ncc(OC2CC2)cc1C(N)=O. The maximum atomic E-state index is 11.0. The van der Waals surface area contributed by atoms with Crippen LogP contribution in [-0.4, -0.2) is 17.0 Å². The third-order valence-electron chi connectivity index (χ3n) is 2.06. The van der Waals surface area contributed by atoms with Crippen molar-refractivity contribution in [2.75, 3.05) is 0 Å². The van der Waals surface area contributed by atoms with Gasteiger partial charge in [0.2, 0.25) is 0 Å². The maximum Gasteiger partial charge on any atom is 0.251 e. The second-order valence-corrected chi connectivity index (χ2v) is 3.36. The Morgan fingerprint density at radius 2 is 2.40 bits per heavy atom. The molecule has 1 fully saturated rings. The van der Waals surface area contributed by atoms with E-state index in [-0.39, 0.29) is 17.4 Å². The summed E-state index contributed by atoms with van der Waals surface area (Å²) in [5.41, 5.74) is 5.26. The molecule has 1 saturated carbocycles. The molecule has 0 unspecified atom stereocenters. The molecule has 5 heteroatoms. The number of rotatable bonds is 3. The first-order chi connectivity index (χ1) is 7.20. The molecule has 0 saturated heterocycles. The quantitative estimate of drug-likeness (QED) is 0.778. The van der Waals surface area contributed by atoms with E-state index in [1.165, 1.54) is 12.3 Å². The van der Waals surface area contributed by atoms with E-state index < -0.39 is 5.91 Å². The summed E-state index contributed by atoms with van der Waals surface area (Å²) < 4.78 is 5.44. The Balaban J connectivity index is 2.31. The number of carbonyl (C=O) groups excluding carboxylic acids is 1. The number of hydrogen-bond donors (Lipinski definition) is 1. The molecule has 1 aromatic heterocycles. The molecule has 1 amide bonds. The fourth-order valence-corrected chi connectivity index (χ4v) is 1.17. The second-order valence-electron chi connectivity index (χ2n) is 3.36. The molecular formula is C10H9N3O2. The molecule has 5 nitrogen and oxygen atoms in total. The number of pyridine rings is 1. The maximum absolute atomic E-state index is 11.0. The molecule has 0 aliphatic heterocycles. The van der Waals surface area contributed by atoms with Crippen molar-refractivity contribution >= 4 is 5.91 Å². The van der Waals surface area contributed by atoms with Gasteiger partial charge in [0.05, 0.1) is 17.9 Å². The number of nitrogens with zero attached hydrogens (tertiary/aromatic N) is 2. The van der Waals surface area contributed by atoms with Gasteiger partial charge in [0.1, 0.15) is 11.8 Å². The average Bonchev–Trinajstić information content (AvgIpc) is 3.01. The number of carbonyl (C=O) groups is 1. The normalized spacial score (nSPS) is 14.3. The van der Waals surface area contributed by atoms with E-state index in [4.69, 9.17) is 15.7 Å². The third kappa shape index (κ3) is 2.05. The van der Waals surface area contributed by atoms with E-state index in [9.17, 15) is 4.79 Å². The van der Waals surface area contributed by atoms with Gasteiger partial charge in [-0.25, -0.2) is 4.98 Å². The molecule has 2 N–H and O–H groups in total. The van der Waals surface area contributed by atoms with Crippen LogP contribution in [0.15, 0.2) is 12.3 Å². The molecule has 1 aromatic rings. The van der Waals surface area contributed by atoms with E-state index in [0.29, 0.717) is 5.75 Å². The van der Waals surface area contributed by atoms with Crippen molar-refractivity contribution in [3.63, 3.8) is 0 Å². The number of hydrogen-bond acceptors (Lipinski definition) is 4. The lowest BCUT2D eigenvalue weighted by atomic mass is 10.2. The van der Waals surface area contributed by atoms with Gasteiger partial charge in [-0.2, -0.15) is 5.26 Å². The van der Waals surface area contributed by atoms with E-state index in [1.807, 2.05) is 0 Å². The lowest BCUT2D eigenvalue weighted by Crippen LogP contribution is -2.14. The van der Waals surface area contributed by atoms with Crippen molar-refractivity contribution in [2.45, 2.75) is 18.9 Å². The molecule has 0 bridgehead atoms. The first-order valence-corrected chi connectivity index (χ1v) is 4.57. The smallest absolute Gasteiger partial charge is 0.251 e. The molecule has 1 aliphatic carbocycles. The summed E-state index contributed by atoms with van der Waals surface area (Å²) in [6.07, 6.45) is 3.70. The molecule has 15 heavy (non-hydrogen) atoms. The summed E-state index contributed by atoms with van der Waals surface area (Å²) in [5.74, 6) is -0.175. The number of nitriles is 1. The van der Waals surface area contributed by atoms with Crippen molar-refractivity contribution in [1.82, 2.24) is 4.98 Å². The van der Waals surface area contributed by atoms with Crippen molar-refractivity contribution in [3.05, 3.63) is 23.5 Å². The van der Waals surface area contributed by atoms with Gasteiger partial charge in [-0.15, -0.1) is 0 Å². The predicted molar refractivity (Wildman–Crippen MR) is 51.1 cm³/mol. The fourth-order valence-electron chi connectivity index (χ4n) is 1.17. The first-order valence-electron chi connectivity index (χ1n) is 4.57. The first kappa shape index (κ1) is 9.46. The molecule has 0 atom stereocenters. The highest BCUT2D eigenvalue weighted by Crippen LogP contribution is 2.27. The summed E-state index contributed by atoms with van der Waals surface area (Å²) in [6.45, 7) is 0. The van der Waals surface area contributed by atoms with Gasteiger partial charge in [-0.1, -0.05) is 0 Å². The molecule has 0 aromatic carbocycles. The van der Waals surface area contributed by atoms with Crippen LogP contribution in [0.5, 0.6) is 5.75 Å². The summed E-state index contributed by atoms with van der Waals surface area (Å²) in [4.78, 5) is 14.8. The molecule has 76 valence electrons. The molecule has 0 spiro atoms. The summed E-state index contributed by atoms with van der Waals surface area (Å²) in [7, 11) is 0. The van der Waals surface area contributed by atoms with E-state index in [2.05, 4.69) is 4.98 Å². The Kier molecular flexibility index (Phi) is 2.26. The summed E-state index contributed by atoms with van der Waals surface area (Å²) >= 11 is 0. The molecule has 1 heterocycles. The highest BCUT2D eigenvalue weighted by atomic mass is 16.5. The van der Waals surface area contributed by atoms with Gasteiger partial charge in [0, 0.05) is 0 Å². The van der Waals surface area contributed by atoms with E-state index >= 15 is 0 Å². The Morgan fingerprint density at radius 1 is 1.67 bits per heavy atom. The fraction of sp³-hybridized carbons (Fsp3) is 0.300. The van der Waals surface area contributed by atoms with E-state index in [0.717, 1.165) is 12.8 Å². The number of amides is 1. The molecule has 2 rings (SSSR count). The Labute approximate surface area is 86.5 Å². The largest absolute Gasteiger partial charge is 0.489 e. The van der Waals surface area contributed by atoms with Crippen LogP contribution in [0.1, 0.15) is 28.9 Å². The third-order valence-corrected chi connectivity index (χ3v) is 2.06. The predicted octanol–water partition coefficient (Wildman–Crippen LogP) is 0.593. The monoisotopic (exact) mass is 203 g/mol. The number of primary amides is 1. The number of ether oxygens (including phenoxy) is 1. The number of nitrogens with two attached hydrogens (primary N) is 1. The zero-order valence-electron chi connectivity index (χ0n) is 7.93. The second kappa shape index (κ2) is 3.58. The van der Waals surface area contributed by atoms with Gasteiger partial charge < -0.3 is 10.5 Å². The van der Waals surface area contributed by atoms with Gasteiger partial charge in [0.15, 0.2) is 5.69 Å². The van der Waals surface area contributed by atoms with Crippen molar-refractivity contribution < 1.29 is 9.53 Å². The topological polar surface area (TPSA) is 89.0 Å². The minimum Gasteiger partial charge on any atom is -0.489 e. The van der Waals surface area contributed by atoms with E-state index in [1.54, 1.807) is 6.07 Å². The van der Waals surface area contributed by atoms with Gasteiger partial charge in [-0.05, 0) is 18.9 Å². The van der Waals surface area contributed by atoms with Crippen molar-refractivity contribution in [3.8, 4) is 11.8 Å². The zero-order valence-corrected chi connectivity index (χ0v) is 7.93. The van der Waals surface area contributed by atoms with Crippen LogP contribution >= 0.6 is 0 Å². The van der Waals surface area contributed by atoms with Crippen molar-refractivity contribution in [1.29, 1.82) is 5.26 Å². The molecule has 1 aliphatic rings. The van der Waals surface area contributed by atoms with Crippen LogP contribution in [0.4, 0.5) is 0 Å². The van der Waals surface area contributed by atoms with Crippen LogP contribution in [0.3, 0.4) is 0 Å². The molecular weight excluding hydrogens is 194 g/mol. The lowest BCUT2D eigenvalue weighted by molar-refractivity contribution is 0.0999. The minimum atomic E-state index is -0.666. The van der Waals surface area contributed by atoms with Gasteiger partial charge >= 0.3 is 0 Å². The van der Waals surface area contributed by atoms with Crippen LogP contribution < -0.4 is 10.5 Å². The lowest BCUT2D eigenvalue weighted by Gasteiger charge is -2.05. The standard InChI is InChI=1S/C10H9N3O2/c11-4-9-8(10(12)14)3-7(5-13-9)15-6-1-2-6/h3,5-6H,1-2H2,(H2,12,14). The summed E-state index contributed by atoms with van der Waals surface area (Å²) in [6, 6.07) is 3.27. The summed E-state index contributed by atoms with van der Waals surface area (Å²) in [5, 5.41) is 8.69. The van der Waals surface area contributed by atoms with Crippen LogP contribution in [-0.2, 0) is 0 Å². The van der Waals surface area contributed by atoms with Crippen LogP contribution in [0.25, 0.3) is 0 Å². The van der Waals surface area contributed by atoms with Gasteiger partial charge in [0.25, 0.3) is 5.91 Å². The highest BCUT2D eigenvalue weighted by Gasteiger charge is 2.24. The van der Waals surface area contributed by atoms with Crippen LogP contribution in [0, 0.1) is 11.3 Å². The van der Waals surface area contributed by atoms with Crippen molar-refractivity contribution in [2.24, 2.45) is 5.73 Å². The average molecular weight is 203 g/mol. The molecule has 0 radical (unpaired) electrons. The zero-order chi connectivity index (χ0) is 10.8. The van der Waals surface area contributed by atoms with Crippen LogP contribution in [0.2, 0.25) is 0 Å². The minimum absolute atomic E-state index is 0.0330. The van der Waals surface area contributed by atoms with Gasteiger partial charge in [-0.3, -0.25) is 4.79 Å². The highest BCUT2D eigenvalue weighted by molar-refractivity contribution is 5.95. The Morgan fingerprint density at radius 3 is 2.93 bits per heavy atom. The Bertz CT molecular complexity index is 446. The Hall–Kier alpha value is -2.09.